The van der Waals surface area contributed by atoms with Gasteiger partial charge in [-0.2, -0.15) is 0 Å². The number of ether oxygens (including phenoxy) is 2. The summed E-state index contributed by atoms with van der Waals surface area (Å²) < 4.78 is 24.4. The smallest absolute Gasteiger partial charge is 0.412 e. The van der Waals surface area contributed by atoms with E-state index < -0.39 is 17.5 Å². The van der Waals surface area contributed by atoms with Crippen LogP contribution in [0.2, 0.25) is 0 Å². The van der Waals surface area contributed by atoms with Crippen LogP contribution < -0.4 is 10.6 Å². The molecule has 7 heteroatoms. The molecule has 1 heterocycles. The Hall–Kier alpha value is -2.15. The summed E-state index contributed by atoms with van der Waals surface area (Å²) >= 11 is 0. The molecule has 0 aromatic heterocycles. The molecule has 1 aromatic carbocycles. The van der Waals surface area contributed by atoms with Crippen molar-refractivity contribution in [2.24, 2.45) is 0 Å². The van der Waals surface area contributed by atoms with Crippen LogP contribution >= 0.6 is 0 Å². The Morgan fingerprint density at radius 3 is 2.72 bits per heavy atom. The van der Waals surface area contributed by atoms with Gasteiger partial charge in [-0.3, -0.25) is 10.1 Å². The van der Waals surface area contributed by atoms with Crippen LogP contribution in [0.25, 0.3) is 0 Å². The van der Waals surface area contributed by atoms with Crippen molar-refractivity contribution in [3.8, 4) is 0 Å². The highest BCUT2D eigenvalue weighted by Crippen LogP contribution is 2.22. The van der Waals surface area contributed by atoms with E-state index in [2.05, 4.69) is 10.6 Å². The Bertz CT molecular complexity index is 622. The predicted octanol–water partition coefficient (Wildman–Crippen LogP) is 4.07. The van der Waals surface area contributed by atoms with Crippen molar-refractivity contribution in [1.82, 2.24) is 0 Å². The quantitative estimate of drug-likeness (QED) is 0.837. The lowest BCUT2D eigenvalue weighted by Gasteiger charge is -2.20. The molecule has 6 nitrogen and oxygen atoms in total. The van der Waals surface area contributed by atoms with Gasteiger partial charge in [-0.25, -0.2) is 9.18 Å². The topological polar surface area (TPSA) is 76.7 Å². The molecule has 0 radical (unpaired) electrons. The Morgan fingerprint density at radius 1 is 1.32 bits per heavy atom. The Labute approximate surface area is 147 Å². The first-order valence-electron chi connectivity index (χ1n) is 8.44. The summed E-state index contributed by atoms with van der Waals surface area (Å²) in [6.07, 6.45) is 2.39. The molecule has 1 aromatic rings. The third-order valence-corrected chi connectivity index (χ3v) is 3.60. The van der Waals surface area contributed by atoms with Crippen LogP contribution in [0.3, 0.4) is 0 Å². The summed E-state index contributed by atoms with van der Waals surface area (Å²) in [7, 11) is 0. The number of amides is 2. The van der Waals surface area contributed by atoms with Crippen LogP contribution in [-0.2, 0) is 14.3 Å². The lowest BCUT2D eigenvalue weighted by molar-refractivity contribution is -0.116. The van der Waals surface area contributed by atoms with E-state index in [1.165, 1.54) is 18.2 Å². The van der Waals surface area contributed by atoms with E-state index in [4.69, 9.17) is 9.47 Å². The highest BCUT2D eigenvalue weighted by molar-refractivity contribution is 5.92. The SMILES string of the molecule is CC(C)(C)OC(=O)Nc1cc(NC(=O)CCC2CCCO2)ccc1F. The molecule has 0 spiro atoms. The monoisotopic (exact) mass is 352 g/mol. The molecule has 1 aliphatic rings. The minimum absolute atomic E-state index is 0.0498. The van der Waals surface area contributed by atoms with Crippen molar-refractivity contribution in [3.63, 3.8) is 0 Å². The summed E-state index contributed by atoms with van der Waals surface area (Å²) in [5, 5.41) is 5.05. The second kappa shape index (κ2) is 8.29. The van der Waals surface area contributed by atoms with Crippen molar-refractivity contribution in [3.05, 3.63) is 24.0 Å². The van der Waals surface area contributed by atoms with Crippen LogP contribution in [0.4, 0.5) is 20.6 Å². The number of rotatable bonds is 5. The molecule has 1 saturated heterocycles. The number of anilines is 2. The summed E-state index contributed by atoms with van der Waals surface area (Å²) in [6, 6.07) is 3.99. The van der Waals surface area contributed by atoms with E-state index in [9.17, 15) is 14.0 Å². The summed E-state index contributed by atoms with van der Waals surface area (Å²) in [5.74, 6) is -0.784. The normalized spacial score (nSPS) is 17.2. The first-order valence-corrected chi connectivity index (χ1v) is 8.44. The minimum atomic E-state index is -0.756. The molecule has 2 amide bonds. The fraction of sp³-hybridized carbons (Fsp3) is 0.556. The van der Waals surface area contributed by atoms with Crippen molar-refractivity contribution in [2.75, 3.05) is 17.2 Å². The first-order chi connectivity index (χ1) is 11.7. The van der Waals surface area contributed by atoms with Gasteiger partial charge in [0.15, 0.2) is 0 Å². The molecule has 2 rings (SSSR count). The molecule has 1 fully saturated rings. The number of carbonyl (C=O) groups excluding carboxylic acids is 2. The third kappa shape index (κ3) is 6.70. The van der Waals surface area contributed by atoms with Crippen LogP contribution in [0.5, 0.6) is 0 Å². The molecule has 1 aliphatic heterocycles. The average molecular weight is 352 g/mol. The van der Waals surface area contributed by atoms with Crippen LogP contribution in [0, 0.1) is 5.82 Å². The molecule has 25 heavy (non-hydrogen) atoms. The van der Waals surface area contributed by atoms with Crippen LogP contribution in [-0.4, -0.2) is 30.3 Å². The second-order valence-electron chi connectivity index (χ2n) is 7.04. The van der Waals surface area contributed by atoms with Gasteiger partial charge in [-0.15, -0.1) is 0 Å². The van der Waals surface area contributed by atoms with E-state index in [0.29, 0.717) is 18.5 Å². The molecule has 0 bridgehead atoms. The molecule has 0 aliphatic carbocycles. The standard InChI is InChI=1S/C18H25FN2O4/c1-18(2,3)25-17(23)21-15-11-12(6-8-14(15)19)20-16(22)9-7-13-5-4-10-24-13/h6,8,11,13H,4-5,7,9-10H2,1-3H3,(H,20,22)(H,21,23). The highest BCUT2D eigenvalue weighted by Gasteiger charge is 2.19. The van der Waals surface area contributed by atoms with Crippen molar-refractivity contribution >= 4 is 23.4 Å². The van der Waals surface area contributed by atoms with Crippen molar-refractivity contribution < 1.29 is 23.5 Å². The Balaban J connectivity index is 1.90. The second-order valence-corrected chi connectivity index (χ2v) is 7.04. The average Bonchev–Trinajstić information content (AvgIpc) is 3.00. The first kappa shape index (κ1) is 19.2. The molecule has 2 N–H and O–H groups in total. The van der Waals surface area contributed by atoms with Crippen molar-refractivity contribution in [1.29, 1.82) is 0 Å². The molecular formula is C18H25FN2O4. The summed E-state index contributed by atoms with van der Waals surface area (Å²) in [4.78, 5) is 23.8. The summed E-state index contributed by atoms with van der Waals surface area (Å²) in [6.45, 7) is 5.90. The molecule has 0 saturated carbocycles. The zero-order valence-corrected chi connectivity index (χ0v) is 14.9. The number of hydrogen-bond donors (Lipinski definition) is 2. The number of nitrogens with one attached hydrogen (secondary N) is 2. The fourth-order valence-electron chi connectivity index (χ4n) is 2.50. The van der Waals surface area contributed by atoms with E-state index in [-0.39, 0.29) is 17.7 Å². The van der Waals surface area contributed by atoms with Gasteiger partial charge in [0.2, 0.25) is 5.91 Å². The highest BCUT2D eigenvalue weighted by atomic mass is 19.1. The van der Waals surface area contributed by atoms with Gasteiger partial charge in [0, 0.05) is 18.7 Å². The zero-order valence-electron chi connectivity index (χ0n) is 14.9. The van der Waals surface area contributed by atoms with E-state index in [0.717, 1.165) is 19.4 Å². The zero-order chi connectivity index (χ0) is 18.4. The lowest BCUT2D eigenvalue weighted by Crippen LogP contribution is -2.27. The van der Waals surface area contributed by atoms with E-state index in [1.807, 2.05) is 0 Å². The molecule has 1 atom stereocenters. The third-order valence-electron chi connectivity index (χ3n) is 3.60. The van der Waals surface area contributed by atoms with Gasteiger partial charge in [0.25, 0.3) is 0 Å². The molecule has 1 unspecified atom stereocenters. The number of carbonyl (C=O) groups is 2. The van der Waals surface area contributed by atoms with Crippen LogP contribution in [0.1, 0.15) is 46.5 Å². The maximum atomic E-state index is 13.9. The van der Waals surface area contributed by atoms with Gasteiger partial charge in [-0.1, -0.05) is 0 Å². The molecular weight excluding hydrogens is 327 g/mol. The predicted molar refractivity (Wildman–Crippen MR) is 93.1 cm³/mol. The van der Waals surface area contributed by atoms with Gasteiger partial charge < -0.3 is 14.8 Å². The van der Waals surface area contributed by atoms with Gasteiger partial charge >= 0.3 is 6.09 Å². The number of benzene rings is 1. The fourth-order valence-corrected chi connectivity index (χ4v) is 2.50. The minimum Gasteiger partial charge on any atom is -0.444 e. The van der Waals surface area contributed by atoms with Crippen LogP contribution in [0.15, 0.2) is 18.2 Å². The Morgan fingerprint density at radius 2 is 2.08 bits per heavy atom. The summed E-state index contributed by atoms with van der Waals surface area (Å²) in [5.41, 5.74) is -0.328. The van der Waals surface area contributed by atoms with Gasteiger partial charge in [0.1, 0.15) is 11.4 Å². The maximum Gasteiger partial charge on any atom is 0.412 e. The lowest BCUT2D eigenvalue weighted by atomic mass is 10.1. The molecule has 138 valence electrons. The maximum absolute atomic E-state index is 13.9. The van der Waals surface area contributed by atoms with E-state index >= 15 is 0 Å². The number of halogens is 1. The number of hydrogen-bond acceptors (Lipinski definition) is 4. The van der Waals surface area contributed by atoms with Gasteiger partial charge in [0.05, 0.1) is 11.8 Å². The Kier molecular flexibility index (Phi) is 6.36. The van der Waals surface area contributed by atoms with Crippen molar-refractivity contribution in [2.45, 2.75) is 58.2 Å². The van der Waals surface area contributed by atoms with E-state index in [1.54, 1.807) is 20.8 Å². The largest absolute Gasteiger partial charge is 0.444 e. The van der Waals surface area contributed by atoms with Gasteiger partial charge in [-0.05, 0) is 58.2 Å².